The normalized spacial score (nSPS) is 12.6. The zero-order chi connectivity index (χ0) is 23.7. The number of aromatic nitrogens is 2. The molecule has 0 saturated heterocycles. The van der Waals surface area contributed by atoms with E-state index < -0.39 is 12.0 Å². The van der Waals surface area contributed by atoms with Crippen molar-refractivity contribution < 1.29 is 9.90 Å². The first kappa shape index (κ1) is 25.1. The lowest BCUT2D eigenvalue weighted by Gasteiger charge is -2.21. The van der Waals surface area contributed by atoms with Crippen molar-refractivity contribution in [1.82, 2.24) is 20.2 Å². The minimum Gasteiger partial charge on any atom is -0.390 e. The first-order valence-electron chi connectivity index (χ1n) is 10.3. The number of imidazole rings is 1. The van der Waals surface area contributed by atoms with Crippen LogP contribution in [-0.4, -0.2) is 64.9 Å². The second-order valence-corrected chi connectivity index (χ2v) is 7.55. The number of aliphatic hydroxyl groups excluding tert-OH is 1. The highest BCUT2D eigenvalue weighted by atomic mass is 35.5. The number of benzene rings is 1. The maximum atomic E-state index is 12.3. The van der Waals surface area contributed by atoms with Gasteiger partial charge in [-0.2, -0.15) is 0 Å². The number of hydrogen-bond donors (Lipinski definition) is 4. The third kappa shape index (κ3) is 6.95. The molecule has 0 saturated carbocycles. The summed E-state index contributed by atoms with van der Waals surface area (Å²) in [4.78, 5) is 25.2. The van der Waals surface area contributed by atoms with Crippen LogP contribution in [0.1, 0.15) is 41.3 Å². The Bertz CT molecular complexity index is 1050. The van der Waals surface area contributed by atoms with Crippen LogP contribution >= 0.6 is 11.6 Å². The number of carbonyl (C=O) groups excluding carboxylic acids is 1. The molecule has 0 bridgehead atoms. The average Bonchev–Trinajstić information content (AvgIpc) is 3.27. The molecule has 1 unspecified atom stereocenters. The van der Waals surface area contributed by atoms with Gasteiger partial charge in [-0.25, -0.2) is 9.98 Å². The summed E-state index contributed by atoms with van der Waals surface area (Å²) < 4.78 is 0. The standard InChI is InChI=1S/C23H29ClN6O2/c1-5-30(6-2)14-18(31)13-28-23(32)22-27-12-17(29-22)9-10-19(21(25)26-4)20-11-16(24)8-7-15(20)3/h7-8,11-12,18,31H,4-6,13-14,25H2,1-3H3,(H,27,29)(H,28,32)/b21-19-. The van der Waals surface area contributed by atoms with E-state index >= 15 is 0 Å². The van der Waals surface area contributed by atoms with Crippen LogP contribution in [0.2, 0.25) is 5.02 Å². The van der Waals surface area contributed by atoms with Crippen LogP contribution in [0.15, 0.2) is 35.2 Å². The van der Waals surface area contributed by atoms with E-state index in [1.54, 1.807) is 12.1 Å². The molecular weight excluding hydrogens is 428 g/mol. The molecule has 1 aromatic carbocycles. The largest absolute Gasteiger partial charge is 0.390 e. The van der Waals surface area contributed by atoms with Gasteiger partial charge in [0.15, 0.2) is 5.82 Å². The highest BCUT2D eigenvalue weighted by molar-refractivity contribution is 6.30. The maximum absolute atomic E-state index is 12.3. The topological polar surface area (TPSA) is 120 Å². The summed E-state index contributed by atoms with van der Waals surface area (Å²) in [6.07, 6.45) is 0.852. The Morgan fingerprint density at radius 3 is 2.81 bits per heavy atom. The molecule has 5 N–H and O–H groups in total. The van der Waals surface area contributed by atoms with Gasteiger partial charge in [0.25, 0.3) is 5.91 Å². The molecule has 32 heavy (non-hydrogen) atoms. The molecule has 1 heterocycles. The molecule has 0 aliphatic rings. The fourth-order valence-electron chi connectivity index (χ4n) is 2.98. The van der Waals surface area contributed by atoms with E-state index in [0.29, 0.717) is 22.8 Å². The predicted molar refractivity (Wildman–Crippen MR) is 128 cm³/mol. The number of aliphatic hydroxyl groups is 1. The smallest absolute Gasteiger partial charge is 0.287 e. The second-order valence-electron chi connectivity index (χ2n) is 7.11. The lowest BCUT2D eigenvalue weighted by molar-refractivity contribution is 0.0861. The van der Waals surface area contributed by atoms with Gasteiger partial charge in [-0.3, -0.25) is 4.79 Å². The molecule has 1 aromatic heterocycles. The second kappa shape index (κ2) is 12.1. The Kier molecular flexibility index (Phi) is 9.47. The van der Waals surface area contributed by atoms with Crippen LogP contribution in [0.5, 0.6) is 0 Å². The fourth-order valence-corrected chi connectivity index (χ4v) is 3.15. The lowest BCUT2D eigenvalue weighted by atomic mass is 10.0. The van der Waals surface area contributed by atoms with Crippen molar-refractivity contribution in [2.75, 3.05) is 26.2 Å². The van der Waals surface area contributed by atoms with Gasteiger partial charge < -0.3 is 26.0 Å². The molecule has 0 spiro atoms. The van der Waals surface area contributed by atoms with Crippen LogP contribution in [0.3, 0.4) is 0 Å². The summed E-state index contributed by atoms with van der Waals surface area (Å²) in [7, 11) is 0. The van der Waals surface area contributed by atoms with Gasteiger partial charge in [0.05, 0.1) is 11.7 Å². The zero-order valence-electron chi connectivity index (χ0n) is 18.6. The lowest BCUT2D eigenvalue weighted by Crippen LogP contribution is -2.40. The summed E-state index contributed by atoms with van der Waals surface area (Å²) in [5.74, 6) is 5.69. The number of aryl methyl sites for hydroxylation is 1. The molecular formula is C23H29ClN6O2. The first-order chi connectivity index (χ1) is 15.3. The van der Waals surface area contributed by atoms with Gasteiger partial charge in [-0.05, 0) is 55.9 Å². The Hall–Kier alpha value is -3.12. The van der Waals surface area contributed by atoms with E-state index in [-0.39, 0.29) is 18.2 Å². The van der Waals surface area contributed by atoms with Crippen molar-refractivity contribution in [2.45, 2.75) is 26.9 Å². The summed E-state index contributed by atoms with van der Waals surface area (Å²) in [6, 6.07) is 5.40. The Morgan fingerprint density at radius 2 is 2.16 bits per heavy atom. The number of amides is 1. The van der Waals surface area contributed by atoms with E-state index in [4.69, 9.17) is 17.3 Å². The third-order valence-electron chi connectivity index (χ3n) is 4.87. The summed E-state index contributed by atoms with van der Waals surface area (Å²) >= 11 is 6.12. The molecule has 1 atom stereocenters. The van der Waals surface area contributed by atoms with Crippen molar-refractivity contribution in [1.29, 1.82) is 0 Å². The number of nitrogens with two attached hydrogens (primary N) is 1. The number of halogens is 1. The number of carbonyl (C=O) groups is 1. The number of rotatable bonds is 9. The van der Waals surface area contributed by atoms with Gasteiger partial charge in [0.1, 0.15) is 11.5 Å². The number of aliphatic imine (C=N–C) groups is 1. The van der Waals surface area contributed by atoms with Gasteiger partial charge in [-0.15, -0.1) is 0 Å². The average molecular weight is 457 g/mol. The zero-order valence-corrected chi connectivity index (χ0v) is 19.3. The maximum Gasteiger partial charge on any atom is 0.287 e. The van der Waals surface area contributed by atoms with Crippen molar-refractivity contribution in [3.05, 3.63) is 57.9 Å². The molecule has 0 fully saturated rings. The number of allylic oxidation sites excluding steroid dienone is 1. The first-order valence-corrected chi connectivity index (χ1v) is 10.7. The number of hydrogen-bond acceptors (Lipinski definition) is 6. The van der Waals surface area contributed by atoms with Crippen LogP contribution in [0.25, 0.3) is 5.57 Å². The number of likely N-dealkylation sites (N-methyl/N-ethyl adjacent to an activating group) is 1. The van der Waals surface area contributed by atoms with E-state index in [9.17, 15) is 9.90 Å². The van der Waals surface area contributed by atoms with E-state index in [0.717, 1.165) is 24.2 Å². The van der Waals surface area contributed by atoms with Crippen molar-refractivity contribution in [3.63, 3.8) is 0 Å². The number of H-pyrrole nitrogens is 1. The van der Waals surface area contributed by atoms with Gasteiger partial charge >= 0.3 is 0 Å². The molecule has 9 heteroatoms. The fraction of sp³-hybridized carbons (Fsp3) is 0.348. The highest BCUT2D eigenvalue weighted by Crippen LogP contribution is 2.24. The highest BCUT2D eigenvalue weighted by Gasteiger charge is 2.14. The minimum absolute atomic E-state index is 0.101. The van der Waals surface area contributed by atoms with Gasteiger partial charge in [-0.1, -0.05) is 37.4 Å². The molecule has 8 nitrogen and oxygen atoms in total. The van der Waals surface area contributed by atoms with Crippen LogP contribution in [0.4, 0.5) is 0 Å². The van der Waals surface area contributed by atoms with Crippen LogP contribution in [0, 0.1) is 18.8 Å². The molecule has 2 rings (SSSR count). The van der Waals surface area contributed by atoms with Crippen LogP contribution in [-0.2, 0) is 0 Å². The SMILES string of the molecule is C=N/C(N)=C(/C#Cc1c[nH]c(C(=O)NCC(O)CN(CC)CC)n1)c1cc(Cl)ccc1C. The predicted octanol–water partition coefficient (Wildman–Crippen LogP) is 2.18. The van der Waals surface area contributed by atoms with Gasteiger partial charge in [0.2, 0.25) is 0 Å². The monoisotopic (exact) mass is 456 g/mol. The molecule has 1 amide bonds. The molecule has 0 radical (unpaired) electrons. The number of nitrogens with one attached hydrogen (secondary N) is 2. The van der Waals surface area contributed by atoms with Crippen molar-refractivity contribution in [3.8, 4) is 11.8 Å². The molecule has 0 aliphatic heterocycles. The molecule has 0 aliphatic carbocycles. The van der Waals surface area contributed by atoms with Gasteiger partial charge in [0, 0.05) is 24.3 Å². The Morgan fingerprint density at radius 1 is 1.44 bits per heavy atom. The van der Waals surface area contributed by atoms with Crippen LogP contribution < -0.4 is 11.1 Å². The van der Waals surface area contributed by atoms with E-state index in [2.05, 4.69) is 43.7 Å². The number of aromatic amines is 1. The van der Waals surface area contributed by atoms with E-state index in [1.165, 1.54) is 6.20 Å². The Labute approximate surface area is 193 Å². The Balaban J connectivity index is 2.13. The number of nitrogens with zero attached hydrogens (tertiary/aromatic N) is 3. The third-order valence-corrected chi connectivity index (χ3v) is 5.10. The van der Waals surface area contributed by atoms with E-state index in [1.807, 2.05) is 26.8 Å². The van der Waals surface area contributed by atoms with Crippen molar-refractivity contribution >= 4 is 29.8 Å². The summed E-state index contributed by atoms with van der Waals surface area (Å²) in [5, 5.41) is 13.3. The minimum atomic E-state index is -0.670. The molecule has 170 valence electrons. The van der Waals surface area contributed by atoms with Crippen molar-refractivity contribution in [2.24, 2.45) is 10.7 Å². The summed E-state index contributed by atoms with van der Waals surface area (Å²) in [5.41, 5.74) is 8.48. The summed E-state index contributed by atoms with van der Waals surface area (Å²) in [6.45, 7) is 11.7. The molecule has 2 aromatic rings. The quantitative estimate of drug-likeness (QED) is 0.340.